The first-order chi connectivity index (χ1) is 8.50. The number of amides is 1. The number of halogens is 1. The van der Waals surface area contributed by atoms with Crippen LogP contribution in [0.1, 0.15) is 33.1 Å². The predicted molar refractivity (Wildman–Crippen MR) is 80.4 cm³/mol. The van der Waals surface area contributed by atoms with E-state index in [2.05, 4.69) is 11.9 Å². The third-order valence-electron chi connectivity index (χ3n) is 4.66. The van der Waals surface area contributed by atoms with Crippen LogP contribution in [0, 0.1) is 11.8 Å². The van der Waals surface area contributed by atoms with Gasteiger partial charge >= 0.3 is 0 Å². The topological polar surface area (TPSA) is 49.6 Å². The summed E-state index contributed by atoms with van der Waals surface area (Å²) >= 11 is 0. The standard InChI is InChI=1S/C14H27N3O.ClH/c1-10(2)13(15)14(18)17-8-6-12-11(9-17)5-4-7-16(12)3;/h10-13H,4-9,15H2,1-3H3;1H/t11?,12?,13-;/m1./s1. The lowest BCUT2D eigenvalue weighted by molar-refractivity contribution is -0.137. The zero-order chi connectivity index (χ0) is 13.3. The molecule has 0 aliphatic carbocycles. The highest BCUT2D eigenvalue weighted by atomic mass is 35.5. The molecule has 2 N–H and O–H groups in total. The van der Waals surface area contributed by atoms with Crippen LogP contribution < -0.4 is 5.73 Å². The summed E-state index contributed by atoms with van der Waals surface area (Å²) in [6.45, 7) is 7.03. The van der Waals surface area contributed by atoms with Crippen LogP contribution in [-0.4, -0.2) is 54.5 Å². The maximum atomic E-state index is 12.3. The van der Waals surface area contributed by atoms with E-state index in [1.54, 1.807) is 0 Å². The second-order valence-corrected chi connectivity index (χ2v) is 6.29. The van der Waals surface area contributed by atoms with Crippen LogP contribution in [0.4, 0.5) is 0 Å². The minimum absolute atomic E-state index is 0. The molecule has 0 bridgehead atoms. The Morgan fingerprint density at radius 2 is 1.95 bits per heavy atom. The summed E-state index contributed by atoms with van der Waals surface area (Å²) in [7, 11) is 2.22. The molecule has 5 heteroatoms. The minimum atomic E-state index is -0.331. The quantitative estimate of drug-likeness (QED) is 0.834. The van der Waals surface area contributed by atoms with Gasteiger partial charge in [-0.05, 0) is 44.7 Å². The fourth-order valence-corrected chi connectivity index (χ4v) is 3.35. The van der Waals surface area contributed by atoms with Gasteiger partial charge < -0.3 is 15.5 Å². The number of hydrogen-bond acceptors (Lipinski definition) is 3. The van der Waals surface area contributed by atoms with Crippen molar-refractivity contribution in [2.24, 2.45) is 17.6 Å². The molecule has 0 aromatic rings. The van der Waals surface area contributed by atoms with Gasteiger partial charge in [0.05, 0.1) is 6.04 Å². The number of carbonyl (C=O) groups excluding carboxylic acids is 1. The summed E-state index contributed by atoms with van der Waals surface area (Å²) in [5, 5.41) is 0. The number of piperidine rings is 2. The number of fused-ring (bicyclic) bond motifs is 1. The Labute approximate surface area is 123 Å². The Hall–Kier alpha value is -0.320. The van der Waals surface area contributed by atoms with Crippen molar-refractivity contribution in [3.05, 3.63) is 0 Å². The average Bonchev–Trinajstić information content (AvgIpc) is 2.36. The van der Waals surface area contributed by atoms with Crippen LogP contribution in [0.3, 0.4) is 0 Å². The molecule has 1 amide bonds. The van der Waals surface area contributed by atoms with E-state index in [0.717, 1.165) is 19.5 Å². The first-order valence-electron chi connectivity index (χ1n) is 7.25. The van der Waals surface area contributed by atoms with E-state index < -0.39 is 0 Å². The van der Waals surface area contributed by atoms with Gasteiger partial charge in [0.1, 0.15) is 0 Å². The zero-order valence-corrected chi connectivity index (χ0v) is 13.2. The van der Waals surface area contributed by atoms with Crippen LogP contribution in [0.5, 0.6) is 0 Å². The van der Waals surface area contributed by atoms with E-state index in [1.807, 2.05) is 18.7 Å². The second-order valence-electron chi connectivity index (χ2n) is 6.29. The number of nitrogens with zero attached hydrogens (tertiary/aromatic N) is 2. The summed E-state index contributed by atoms with van der Waals surface area (Å²) in [5.41, 5.74) is 5.98. The van der Waals surface area contributed by atoms with E-state index in [9.17, 15) is 4.79 Å². The predicted octanol–water partition coefficient (Wildman–Crippen LogP) is 1.33. The lowest BCUT2D eigenvalue weighted by Gasteiger charge is -2.46. The highest BCUT2D eigenvalue weighted by molar-refractivity contribution is 5.85. The van der Waals surface area contributed by atoms with Crippen LogP contribution in [0.15, 0.2) is 0 Å². The fraction of sp³-hybridized carbons (Fsp3) is 0.929. The average molecular weight is 290 g/mol. The maximum absolute atomic E-state index is 12.3. The van der Waals surface area contributed by atoms with Gasteiger partial charge in [-0.25, -0.2) is 0 Å². The fourth-order valence-electron chi connectivity index (χ4n) is 3.35. The van der Waals surface area contributed by atoms with Gasteiger partial charge in [-0.15, -0.1) is 12.4 Å². The Morgan fingerprint density at radius 1 is 1.26 bits per heavy atom. The summed E-state index contributed by atoms with van der Waals surface area (Å²) < 4.78 is 0. The highest BCUT2D eigenvalue weighted by Crippen LogP contribution is 2.29. The first kappa shape index (κ1) is 16.7. The van der Waals surface area contributed by atoms with E-state index in [0.29, 0.717) is 12.0 Å². The van der Waals surface area contributed by atoms with Crippen molar-refractivity contribution in [2.75, 3.05) is 26.7 Å². The molecule has 2 aliphatic rings. The normalized spacial score (nSPS) is 29.6. The Kier molecular flexibility index (Phi) is 6.09. The van der Waals surface area contributed by atoms with Crippen LogP contribution in [0.25, 0.3) is 0 Å². The first-order valence-corrected chi connectivity index (χ1v) is 7.25. The molecule has 0 radical (unpaired) electrons. The van der Waals surface area contributed by atoms with Gasteiger partial charge in [0.25, 0.3) is 0 Å². The molecule has 2 saturated heterocycles. The number of nitrogens with two attached hydrogens (primary N) is 1. The van der Waals surface area contributed by atoms with Crippen molar-refractivity contribution < 1.29 is 4.79 Å². The molecule has 2 heterocycles. The Bertz CT molecular complexity index is 311. The molecular formula is C14H28ClN3O. The third-order valence-corrected chi connectivity index (χ3v) is 4.66. The Morgan fingerprint density at radius 3 is 2.58 bits per heavy atom. The molecule has 19 heavy (non-hydrogen) atoms. The molecular weight excluding hydrogens is 262 g/mol. The zero-order valence-electron chi connectivity index (χ0n) is 12.3. The molecule has 4 nitrogen and oxygen atoms in total. The van der Waals surface area contributed by atoms with Crippen molar-refractivity contribution in [3.8, 4) is 0 Å². The summed E-state index contributed by atoms with van der Waals surface area (Å²) in [6.07, 6.45) is 3.63. The number of rotatable bonds is 2. The van der Waals surface area contributed by atoms with Gasteiger partial charge in [0, 0.05) is 19.1 Å². The molecule has 2 rings (SSSR count). The molecule has 2 aliphatic heterocycles. The molecule has 0 saturated carbocycles. The van der Waals surface area contributed by atoms with E-state index in [1.165, 1.54) is 19.4 Å². The van der Waals surface area contributed by atoms with Crippen molar-refractivity contribution in [3.63, 3.8) is 0 Å². The molecule has 112 valence electrons. The lowest BCUT2D eigenvalue weighted by atomic mass is 9.84. The van der Waals surface area contributed by atoms with Gasteiger partial charge in [-0.2, -0.15) is 0 Å². The second kappa shape index (κ2) is 6.91. The van der Waals surface area contributed by atoms with Crippen LogP contribution in [-0.2, 0) is 4.79 Å². The van der Waals surface area contributed by atoms with Gasteiger partial charge in [-0.1, -0.05) is 13.8 Å². The minimum Gasteiger partial charge on any atom is -0.341 e. The van der Waals surface area contributed by atoms with Gasteiger partial charge in [0.15, 0.2) is 0 Å². The van der Waals surface area contributed by atoms with E-state index in [-0.39, 0.29) is 30.3 Å². The SMILES string of the molecule is CC(C)[C@@H](N)C(=O)N1CCC2C(CCCN2C)C1.Cl. The summed E-state index contributed by atoms with van der Waals surface area (Å²) in [4.78, 5) is 16.8. The highest BCUT2D eigenvalue weighted by Gasteiger charge is 2.37. The van der Waals surface area contributed by atoms with Crippen LogP contribution >= 0.6 is 12.4 Å². The number of carbonyl (C=O) groups is 1. The van der Waals surface area contributed by atoms with Crippen molar-refractivity contribution >= 4 is 18.3 Å². The van der Waals surface area contributed by atoms with Crippen LogP contribution in [0.2, 0.25) is 0 Å². The number of likely N-dealkylation sites (tertiary alicyclic amines) is 2. The lowest BCUT2D eigenvalue weighted by Crippen LogP contribution is -2.57. The largest absolute Gasteiger partial charge is 0.341 e. The third kappa shape index (κ3) is 3.61. The smallest absolute Gasteiger partial charge is 0.239 e. The molecule has 0 aromatic heterocycles. The monoisotopic (exact) mass is 289 g/mol. The van der Waals surface area contributed by atoms with Gasteiger partial charge in [0.2, 0.25) is 5.91 Å². The van der Waals surface area contributed by atoms with E-state index in [4.69, 9.17) is 5.73 Å². The molecule has 2 fully saturated rings. The van der Waals surface area contributed by atoms with E-state index >= 15 is 0 Å². The van der Waals surface area contributed by atoms with Gasteiger partial charge in [-0.3, -0.25) is 4.79 Å². The van der Waals surface area contributed by atoms with Crippen molar-refractivity contribution in [1.29, 1.82) is 0 Å². The molecule has 0 aromatic carbocycles. The Balaban J connectivity index is 0.00000180. The summed E-state index contributed by atoms with van der Waals surface area (Å²) in [6, 6.07) is 0.348. The maximum Gasteiger partial charge on any atom is 0.239 e. The van der Waals surface area contributed by atoms with Crippen molar-refractivity contribution in [2.45, 2.75) is 45.2 Å². The molecule has 2 unspecified atom stereocenters. The number of hydrogen-bond donors (Lipinski definition) is 1. The molecule has 3 atom stereocenters. The van der Waals surface area contributed by atoms with Crippen molar-refractivity contribution in [1.82, 2.24) is 9.80 Å². The summed E-state index contributed by atoms with van der Waals surface area (Å²) in [5.74, 6) is 1.03. The molecule has 0 spiro atoms.